The van der Waals surface area contributed by atoms with E-state index < -0.39 is 19.0 Å². The lowest BCUT2D eigenvalue weighted by atomic mass is 10.1. The number of hydrogen-bond donors (Lipinski definition) is 3. The highest BCUT2D eigenvalue weighted by atomic mass is 31.2. The summed E-state index contributed by atoms with van der Waals surface area (Å²) in [5, 5.41) is 6.20. The lowest BCUT2D eigenvalue weighted by Crippen LogP contribution is -2.49. The zero-order valence-corrected chi connectivity index (χ0v) is 23.7. The van der Waals surface area contributed by atoms with Crippen molar-refractivity contribution in [2.45, 2.75) is 65.3 Å². The van der Waals surface area contributed by atoms with Gasteiger partial charge in [0.15, 0.2) is 11.5 Å². The summed E-state index contributed by atoms with van der Waals surface area (Å²) in [4.78, 5) is 25.2. The van der Waals surface area contributed by atoms with E-state index in [4.69, 9.17) is 19.9 Å². The number of ether oxygens (including phenoxy) is 3. The largest absolute Gasteiger partial charge is 0.497 e. The van der Waals surface area contributed by atoms with E-state index in [1.165, 1.54) is 6.33 Å². The molecular weight excluding hydrogens is 509 g/mol. The molecule has 0 fully saturated rings. The first kappa shape index (κ1) is 29.5. The Kier molecular flexibility index (Phi) is 9.83. The molecule has 0 saturated carbocycles. The number of aromatic nitrogens is 4. The highest BCUT2D eigenvalue weighted by molar-refractivity contribution is 7.59. The third-order valence-corrected chi connectivity index (χ3v) is 8.09. The molecule has 3 atom stereocenters. The van der Waals surface area contributed by atoms with Crippen LogP contribution in [-0.4, -0.2) is 57.2 Å². The van der Waals surface area contributed by atoms with Crippen LogP contribution < -0.4 is 20.6 Å². The third kappa shape index (κ3) is 7.50. The number of benzene rings is 1. The Balaban J connectivity index is 1.76. The van der Waals surface area contributed by atoms with Crippen molar-refractivity contribution in [2.75, 3.05) is 25.8 Å². The van der Waals surface area contributed by atoms with Gasteiger partial charge < -0.3 is 24.5 Å². The minimum Gasteiger partial charge on any atom is -0.497 e. The Morgan fingerprint density at radius 2 is 1.89 bits per heavy atom. The number of nitrogen functional groups attached to an aromatic ring is 1. The van der Waals surface area contributed by atoms with Crippen LogP contribution in [0.1, 0.15) is 52.6 Å². The number of rotatable bonds is 14. The molecule has 2 heterocycles. The highest BCUT2D eigenvalue weighted by Gasteiger charge is 2.38. The molecule has 208 valence electrons. The van der Waals surface area contributed by atoms with E-state index in [0.29, 0.717) is 29.9 Å². The van der Waals surface area contributed by atoms with Crippen LogP contribution in [0, 0.1) is 0 Å². The number of nitrogens with one attached hydrogen (secondary N) is 2. The molecule has 0 aliphatic rings. The second-order valence-corrected chi connectivity index (χ2v) is 11.9. The van der Waals surface area contributed by atoms with Crippen molar-refractivity contribution in [3.8, 4) is 5.75 Å². The van der Waals surface area contributed by atoms with Crippen molar-refractivity contribution in [2.24, 2.45) is 0 Å². The second kappa shape index (κ2) is 12.7. The van der Waals surface area contributed by atoms with Crippen molar-refractivity contribution >= 4 is 30.4 Å². The van der Waals surface area contributed by atoms with Gasteiger partial charge in [-0.3, -0.25) is 9.36 Å². The van der Waals surface area contributed by atoms with Crippen molar-refractivity contribution in [3.63, 3.8) is 0 Å². The van der Waals surface area contributed by atoms with Gasteiger partial charge in [-0.1, -0.05) is 19.1 Å². The summed E-state index contributed by atoms with van der Waals surface area (Å²) in [6.45, 7) is 9.62. The van der Waals surface area contributed by atoms with E-state index in [9.17, 15) is 9.36 Å². The van der Waals surface area contributed by atoms with Crippen LogP contribution in [0.4, 0.5) is 5.82 Å². The number of imidazole rings is 1. The lowest BCUT2D eigenvalue weighted by molar-refractivity contribution is -0.149. The fourth-order valence-electron chi connectivity index (χ4n) is 3.85. The zero-order chi connectivity index (χ0) is 27.9. The van der Waals surface area contributed by atoms with Crippen LogP contribution >= 0.6 is 7.44 Å². The molecule has 0 aliphatic heterocycles. The van der Waals surface area contributed by atoms with Crippen LogP contribution in [0.3, 0.4) is 0 Å². The summed E-state index contributed by atoms with van der Waals surface area (Å²) in [7, 11) is -1.89. The van der Waals surface area contributed by atoms with Gasteiger partial charge in [-0.2, -0.15) is 0 Å². The van der Waals surface area contributed by atoms with Crippen molar-refractivity contribution in [3.05, 3.63) is 42.5 Å². The summed E-state index contributed by atoms with van der Waals surface area (Å²) < 4.78 is 32.7. The fraction of sp³-hybridized carbons (Fsp3) is 0.520. The molecule has 13 heteroatoms. The molecule has 0 saturated heterocycles. The van der Waals surface area contributed by atoms with Gasteiger partial charge in [-0.15, -0.1) is 0 Å². The van der Waals surface area contributed by atoms with Crippen LogP contribution in [0.2, 0.25) is 0 Å². The van der Waals surface area contributed by atoms with Crippen LogP contribution in [-0.2, 0) is 25.4 Å². The first-order chi connectivity index (χ1) is 18.0. The average molecular weight is 548 g/mol. The maximum atomic E-state index is 14.2. The summed E-state index contributed by atoms with van der Waals surface area (Å²) >= 11 is 0. The molecule has 1 aromatic carbocycles. The number of carbonyl (C=O) groups excluding carboxylic acids is 1. The molecular formula is C25H38N7O5P. The standard InChI is InChI=1S/C25H38N7O5P/c1-7-12-36-24(33)25(4,5)31-38(34,30-18(3)19-8-10-20(35-6)11-9-19)16-37-17(2)13-32-15-29-21-22(26)27-14-28-23(21)32/h8-11,14-15,17-18H,7,12-13,16H2,1-6H3,(H2,26,27,28)(H2,30,31,34)/t17-,18+,38+/m1/s1. The first-order valence-electron chi connectivity index (χ1n) is 12.5. The van der Waals surface area contributed by atoms with E-state index >= 15 is 0 Å². The number of fused-ring (bicyclic) bond motifs is 1. The van der Waals surface area contributed by atoms with Gasteiger partial charge in [0.2, 0.25) is 7.44 Å². The molecule has 38 heavy (non-hydrogen) atoms. The maximum absolute atomic E-state index is 14.2. The first-order valence-corrected chi connectivity index (χ1v) is 14.4. The normalized spacial score (nSPS) is 15.1. The Hall–Kier alpha value is -3.05. The number of carbonyl (C=O) groups is 1. The SMILES string of the molecule is CCCOC(=O)C(C)(C)N[P@](=O)(CO[C@H](C)Cn1cnc2c(N)ncnc21)N[C@@H](C)c1ccc(OC)cc1. The summed E-state index contributed by atoms with van der Waals surface area (Å²) in [5.41, 5.74) is 6.65. The van der Waals surface area contributed by atoms with Gasteiger partial charge in [-0.25, -0.2) is 25.1 Å². The minimum absolute atomic E-state index is 0.178. The Bertz CT molecular complexity index is 1260. The molecule has 0 amide bonds. The van der Waals surface area contributed by atoms with Crippen LogP contribution in [0.25, 0.3) is 11.2 Å². The van der Waals surface area contributed by atoms with E-state index in [2.05, 4.69) is 25.1 Å². The van der Waals surface area contributed by atoms with Crippen molar-refractivity contribution < 1.29 is 23.6 Å². The van der Waals surface area contributed by atoms with Gasteiger partial charge in [0.25, 0.3) is 0 Å². The van der Waals surface area contributed by atoms with Gasteiger partial charge in [0.1, 0.15) is 29.5 Å². The van der Waals surface area contributed by atoms with Crippen LogP contribution in [0.5, 0.6) is 5.75 Å². The average Bonchev–Trinajstić information content (AvgIpc) is 3.29. The minimum atomic E-state index is -3.49. The molecule has 4 N–H and O–H groups in total. The molecule has 12 nitrogen and oxygen atoms in total. The summed E-state index contributed by atoms with van der Waals surface area (Å²) in [6.07, 6.45) is 3.13. The van der Waals surface area contributed by atoms with E-state index in [0.717, 1.165) is 11.3 Å². The van der Waals surface area contributed by atoms with E-state index in [-0.39, 0.29) is 25.1 Å². The molecule has 0 aliphatic carbocycles. The number of hydrogen-bond acceptors (Lipinski definition) is 9. The third-order valence-electron chi connectivity index (χ3n) is 5.85. The predicted octanol–water partition coefficient (Wildman–Crippen LogP) is 3.65. The maximum Gasteiger partial charge on any atom is 0.326 e. The number of nitrogens with two attached hydrogens (primary N) is 1. The quantitative estimate of drug-likeness (QED) is 0.200. The summed E-state index contributed by atoms with van der Waals surface area (Å²) in [6, 6.07) is 7.13. The van der Waals surface area contributed by atoms with Gasteiger partial charge in [0, 0.05) is 6.04 Å². The summed E-state index contributed by atoms with van der Waals surface area (Å²) in [5.74, 6) is 0.525. The number of nitrogens with zero attached hydrogens (tertiary/aromatic N) is 4. The monoisotopic (exact) mass is 547 g/mol. The Morgan fingerprint density at radius 3 is 2.55 bits per heavy atom. The molecule has 0 spiro atoms. The van der Waals surface area contributed by atoms with Crippen molar-refractivity contribution in [1.29, 1.82) is 0 Å². The van der Waals surface area contributed by atoms with Gasteiger partial charge in [-0.05, 0) is 51.8 Å². The number of methoxy groups -OCH3 is 1. The Morgan fingerprint density at radius 1 is 1.18 bits per heavy atom. The topological polar surface area (TPSA) is 156 Å². The fourth-order valence-corrected chi connectivity index (χ4v) is 6.29. The Labute approximate surface area is 223 Å². The van der Waals surface area contributed by atoms with Crippen molar-refractivity contribution in [1.82, 2.24) is 29.7 Å². The van der Waals surface area contributed by atoms with Gasteiger partial charge in [0.05, 0.1) is 32.7 Å². The number of esters is 1. The number of anilines is 1. The molecule has 0 bridgehead atoms. The predicted molar refractivity (Wildman–Crippen MR) is 146 cm³/mol. The van der Waals surface area contributed by atoms with E-state index in [1.807, 2.05) is 45.0 Å². The zero-order valence-electron chi connectivity index (χ0n) is 22.8. The second-order valence-electron chi connectivity index (χ2n) is 9.67. The molecule has 3 rings (SSSR count). The molecule has 2 aromatic heterocycles. The van der Waals surface area contributed by atoms with Crippen LogP contribution in [0.15, 0.2) is 36.9 Å². The molecule has 0 unspecified atom stereocenters. The molecule has 3 aromatic rings. The smallest absolute Gasteiger partial charge is 0.326 e. The van der Waals surface area contributed by atoms with E-state index in [1.54, 1.807) is 31.9 Å². The highest BCUT2D eigenvalue weighted by Crippen LogP contribution is 2.42. The molecule has 0 radical (unpaired) electrons. The van der Waals surface area contributed by atoms with Gasteiger partial charge >= 0.3 is 5.97 Å². The lowest BCUT2D eigenvalue weighted by Gasteiger charge is -2.33.